The molecule has 6 nitrogen and oxygen atoms in total. The highest BCUT2D eigenvalue weighted by Crippen LogP contribution is 2.31. The van der Waals surface area contributed by atoms with Crippen LogP contribution in [0.2, 0.25) is 5.02 Å². The van der Waals surface area contributed by atoms with Crippen LogP contribution in [0.5, 0.6) is 5.75 Å². The molecule has 1 saturated heterocycles. The Hall–Kier alpha value is -2.09. The number of anilines is 1. The highest BCUT2D eigenvalue weighted by atomic mass is 35.5. The number of ether oxygens (including phenoxy) is 1. The Balaban J connectivity index is 1.79. The van der Waals surface area contributed by atoms with Crippen molar-refractivity contribution >= 4 is 33.2 Å². The maximum absolute atomic E-state index is 13.1. The second kappa shape index (κ2) is 10.0. The van der Waals surface area contributed by atoms with Gasteiger partial charge in [0.1, 0.15) is 5.75 Å². The molecule has 0 aliphatic carbocycles. The van der Waals surface area contributed by atoms with Crippen molar-refractivity contribution in [3.63, 3.8) is 0 Å². The van der Waals surface area contributed by atoms with Gasteiger partial charge in [-0.3, -0.25) is 4.79 Å². The molecule has 1 unspecified atom stereocenters. The summed E-state index contributed by atoms with van der Waals surface area (Å²) in [7, 11) is -2.15. The zero-order chi connectivity index (χ0) is 22.6. The fourth-order valence-electron chi connectivity index (χ4n) is 3.96. The number of hydrogen-bond donors (Lipinski definition) is 1. The number of aryl methyl sites for hydroxylation is 1. The standard InChI is InChI=1S/C23H29ClN2O4S/c1-4-16-8-13-21(24)20(5-2)22(16)25-23(27)17-7-6-14-26(15-17)31(28,29)19-11-9-18(30-3)10-12-19/h8-13,17H,4-7,14-15H2,1-3H3,(H,25,27). The zero-order valence-electron chi connectivity index (χ0n) is 18.2. The second-order valence-electron chi connectivity index (χ2n) is 7.63. The molecule has 1 aliphatic heterocycles. The maximum atomic E-state index is 13.1. The number of sulfonamides is 1. The Morgan fingerprint density at radius 2 is 1.87 bits per heavy atom. The highest BCUT2D eigenvalue weighted by Gasteiger charge is 2.33. The second-order valence-corrected chi connectivity index (χ2v) is 9.98. The lowest BCUT2D eigenvalue weighted by Crippen LogP contribution is -2.43. The van der Waals surface area contributed by atoms with E-state index < -0.39 is 15.9 Å². The summed E-state index contributed by atoms with van der Waals surface area (Å²) in [5.74, 6) is 0.00583. The van der Waals surface area contributed by atoms with Crippen LogP contribution in [0.3, 0.4) is 0 Å². The molecule has 1 fully saturated rings. The van der Waals surface area contributed by atoms with E-state index in [1.165, 1.54) is 23.5 Å². The van der Waals surface area contributed by atoms with E-state index in [4.69, 9.17) is 16.3 Å². The number of nitrogens with zero attached hydrogens (tertiary/aromatic N) is 1. The summed E-state index contributed by atoms with van der Waals surface area (Å²) in [6.07, 6.45) is 2.74. The number of benzene rings is 2. The molecule has 3 rings (SSSR count). The van der Waals surface area contributed by atoms with Crippen LogP contribution >= 0.6 is 11.6 Å². The van der Waals surface area contributed by atoms with Crippen molar-refractivity contribution in [3.8, 4) is 5.75 Å². The van der Waals surface area contributed by atoms with Gasteiger partial charge in [0.2, 0.25) is 15.9 Å². The summed E-state index contributed by atoms with van der Waals surface area (Å²) < 4.78 is 32.7. The Morgan fingerprint density at radius 1 is 1.16 bits per heavy atom. The Labute approximate surface area is 189 Å². The quantitative estimate of drug-likeness (QED) is 0.654. The third kappa shape index (κ3) is 5.05. The summed E-state index contributed by atoms with van der Waals surface area (Å²) in [4.78, 5) is 13.3. The lowest BCUT2D eigenvalue weighted by molar-refractivity contribution is -0.120. The lowest BCUT2D eigenvalue weighted by atomic mass is 9.97. The first-order chi connectivity index (χ1) is 14.8. The average molecular weight is 465 g/mol. The van der Waals surface area contributed by atoms with Crippen molar-refractivity contribution in [2.75, 3.05) is 25.5 Å². The SMILES string of the molecule is CCc1ccc(Cl)c(CC)c1NC(=O)C1CCCN(S(=O)(=O)c2ccc(OC)cc2)C1. The van der Waals surface area contributed by atoms with E-state index in [-0.39, 0.29) is 17.3 Å². The van der Waals surface area contributed by atoms with Gasteiger partial charge in [-0.15, -0.1) is 0 Å². The number of carbonyl (C=O) groups is 1. The largest absolute Gasteiger partial charge is 0.497 e. The number of nitrogens with one attached hydrogen (secondary N) is 1. The number of amides is 1. The van der Waals surface area contributed by atoms with Crippen LogP contribution in [0, 0.1) is 5.92 Å². The van der Waals surface area contributed by atoms with Gasteiger partial charge in [0, 0.05) is 23.8 Å². The number of halogens is 1. The summed E-state index contributed by atoms with van der Waals surface area (Å²) >= 11 is 6.35. The van der Waals surface area contributed by atoms with Crippen LogP contribution in [0.25, 0.3) is 0 Å². The van der Waals surface area contributed by atoms with E-state index >= 15 is 0 Å². The third-order valence-corrected chi connectivity index (χ3v) is 8.01. The van der Waals surface area contributed by atoms with Gasteiger partial charge in [0.25, 0.3) is 0 Å². The van der Waals surface area contributed by atoms with Crippen molar-refractivity contribution in [3.05, 3.63) is 52.5 Å². The van der Waals surface area contributed by atoms with Crippen LogP contribution in [0.15, 0.2) is 41.3 Å². The number of carbonyl (C=O) groups excluding carboxylic acids is 1. The van der Waals surface area contributed by atoms with Crippen molar-refractivity contribution in [2.24, 2.45) is 5.92 Å². The predicted octanol–water partition coefficient (Wildman–Crippen LogP) is 4.51. The maximum Gasteiger partial charge on any atom is 0.243 e. The van der Waals surface area contributed by atoms with Gasteiger partial charge in [-0.05, 0) is 67.1 Å². The first kappa shape index (κ1) is 23.6. The molecule has 31 heavy (non-hydrogen) atoms. The topological polar surface area (TPSA) is 75.7 Å². The van der Waals surface area contributed by atoms with Crippen molar-refractivity contribution in [2.45, 2.75) is 44.4 Å². The monoisotopic (exact) mass is 464 g/mol. The molecule has 2 aromatic carbocycles. The van der Waals surface area contributed by atoms with Gasteiger partial charge in [-0.25, -0.2) is 8.42 Å². The summed E-state index contributed by atoms with van der Waals surface area (Å²) in [6.45, 7) is 4.58. The smallest absolute Gasteiger partial charge is 0.243 e. The van der Waals surface area contributed by atoms with E-state index in [2.05, 4.69) is 5.32 Å². The van der Waals surface area contributed by atoms with E-state index in [9.17, 15) is 13.2 Å². The number of piperidine rings is 1. The molecule has 2 aromatic rings. The van der Waals surface area contributed by atoms with E-state index in [1.54, 1.807) is 12.1 Å². The van der Waals surface area contributed by atoms with E-state index in [1.807, 2.05) is 26.0 Å². The summed E-state index contributed by atoms with van der Waals surface area (Å²) in [5.41, 5.74) is 2.69. The fourth-order valence-corrected chi connectivity index (χ4v) is 5.78. The van der Waals surface area contributed by atoms with Crippen LogP contribution in [-0.2, 0) is 27.7 Å². The normalized spacial score (nSPS) is 17.4. The number of hydrogen-bond acceptors (Lipinski definition) is 4. The molecular weight excluding hydrogens is 436 g/mol. The van der Waals surface area contributed by atoms with Crippen molar-refractivity contribution in [1.82, 2.24) is 4.31 Å². The Bertz CT molecular complexity index is 1040. The molecule has 0 saturated carbocycles. The van der Waals surface area contributed by atoms with Gasteiger partial charge in [-0.2, -0.15) is 4.31 Å². The first-order valence-electron chi connectivity index (χ1n) is 10.6. The fraction of sp³-hybridized carbons (Fsp3) is 0.435. The summed E-state index contributed by atoms with van der Waals surface area (Å²) in [5, 5.41) is 3.68. The van der Waals surface area contributed by atoms with Crippen LogP contribution in [-0.4, -0.2) is 38.8 Å². The van der Waals surface area contributed by atoms with Crippen molar-refractivity contribution < 1.29 is 17.9 Å². The minimum absolute atomic E-state index is 0.156. The predicted molar refractivity (Wildman–Crippen MR) is 123 cm³/mol. The van der Waals surface area contributed by atoms with Gasteiger partial charge >= 0.3 is 0 Å². The zero-order valence-corrected chi connectivity index (χ0v) is 19.7. The third-order valence-electron chi connectivity index (χ3n) is 5.78. The molecule has 8 heteroatoms. The molecule has 0 aromatic heterocycles. The molecule has 1 atom stereocenters. The molecule has 0 radical (unpaired) electrons. The van der Waals surface area contributed by atoms with Gasteiger partial charge < -0.3 is 10.1 Å². The van der Waals surface area contributed by atoms with Gasteiger partial charge in [0.15, 0.2) is 0 Å². The lowest BCUT2D eigenvalue weighted by Gasteiger charge is -2.31. The summed E-state index contributed by atoms with van der Waals surface area (Å²) in [6, 6.07) is 10.1. The van der Waals surface area contributed by atoms with Crippen molar-refractivity contribution in [1.29, 1.82) is 0 Å². The average Bonchev–Trinajstić information content (AvgIpc) is 2.79. The van der Waals surface area contributed by atoms with E-state index in [0.29, 0.717) is 36.6 Å². The van der Waals surface area contributed by atoms with E-state index in [0.717, 1.165) is 23.2 Å². The molecule has 1 aliphatic rings. The molecular formula is C23H29ClN2O4S. The molecule has 0 spiro atoms. The number of methoxy groups -OCH3 is 1. The van der Waals surface area contributed by atoms with Crippen LogP contribution in [0.4, 0.5) is 5.69 Å². The first-order valence-corrected chi connectivity index (χ1v) is 12.4. The van der Waals surface area contributed by atoms with Gasteiger partial charge in [-0.1, -0.05) is 31.5 Å². The molecule has 1 N–H and O–H groups in total. The minimum Gasteiger partial charge on any atom is -0.497 e. The van der Waals surface area contributed by atoms with Crippen LogP contribution in [0.1, 0.15) is 37.8 Å². The molecule has 1 amide bonds. The minimum atomic E-state index is -3.68. The van der Waals surface area contributed by atoms with Crippen LogP contribution < -0.4 is 10.1 Å². The molecule has 168 valence electrons. The van der Waals surface area contributed by atoms with Gasteiger partial charge in [0.05, 0.1) is 17.9 Å². The molecule has 1 heterocycles. The highest BCUT2D eigenvalue weighted by molar-refractivity contribution is 7.89. The Morgan fingerprint density at radius 3 is 2.48 bits per heavy atom. The molecule has 0 bridgehead atoms. The number of rotatable bonds is 7. The Kier molecular flexibility index (Phi) is 7.62.